The van der Waals surface area contributed by atoms with Gasteiger partial charge in [-0.1, -0.05) is 35.8 Å². The monoisotopic (exact) mass is 575 g/mol. The molecule has 0 spiro atoms. The fourth-order valence-corrected chi connectivity index (χ4v) is 4.97. The Kier molecular flexibility index (Phi) is 6.84. The Hall–Kier alpha value is -3.91. The van der Waals surface area contributed by atoms with Gasteiger partial charge in [0.25, 0.3) is 5.91 Å². The van der Waals surface area contributed by atoms with Crippen LogP contribution in [0.4, 0.5) is 5.69 Å². The number of Topliss-reactive ketones (excluding diaryl/α,β-unsaturated/α-hetero) is 1. The molecule has 1 aliphatic rings. The van der Waals surface area contributed by atoms with Crippen LogP contribution in [0.5, 0.6) is 11.5 Å². The van der Waals surface area contributed by atoms with E-state index in [4.69, 9.17) is 13.9 Å². The largest absolute Gasteiger partial charge is 0.493 e. The van der Waals surface area contributed by atoms with Gasteiger partial charge in [0.2, 0.25) is 5.76 Å². The number of nitrogens with zero attached hydrogens (tertiary/aromatic N) is 1. The summed E-state index contributed by atoms with van der Waals surface area (Å²) in [6.07, 6.45) is 0. The van der Waals surface area contributed by atoms with Gasteiger partial charge >= 0.3 is 0 Å². The Labute approximate surface area is 228 Å². The van der Waals surface area contributed by atoms with Crippen LogP contribution >= 0.6 is 15.9 Å². The average molecular weight is 576 g/mol. The van der Waals surface area contributed by atoms with Gasteiger partial charge in [-0.25, -0.2) is 0 Å². The number of amides is 1. The first kappa shape index (κ1) is 25.7. The molecular formula is C30H26BrNO6. The quantitative estimate of drug-likeness (QED) is 0.232. The predicted molar refractivity (Wildman–Crippen MR) is 149 cm³/mol. The van der Waals surface area contributed by atoms with Crippen molar-refractivity contribution in [3.05, 3.63) is 97.8 Å². The highest BCUT2D eigenvalue weighted by molar-refractivity contribution is 9.10. The summed E-state index contributed by atoms with van der Waals surface area (Å²) in [6, 6.07) is 16.5. The van der Waals surface area contributed by atoms with Crippen molar-refractivity contribution >= 4 is 44.3 Å². The third kappa shape index (κ3) is 4.49. The summed E-state index contributed by atoms with van der Waals surface area (Å²) in [5, 5.41) is 0.369. The molecule has 2 heterocycles. The average Bonchev–Trinajstić information content (AvgIpc) is 3.20. The van der Waals surface area contributed by atoms with Crippen molar-refractivity contribution in [1.29, 1.82) is 0 Å². The number of fused-ring (bicyclic) bond motifs is 2. The Balaban J connectivity index is 1.72. The van der Waals surface area contributed by atoms with E-state index < -0.39 is 11.9 Å². The number of carbonyl (C=O) groups is 2. The fraction of sp³-hybridized carbons (Fsp3) is 0.233. The van der Waals surface area contributed by atoms with E-state index in [2.05, 4.69) is 29.8 Å². The molecule has 0 radical (unpaired) electrons. The van der Waals surface area contributed by atoms with Gasteiger partial charge in [0, 0.05) is 15.7 Å². The molecule has 4 aromatic rings. The molecule has 1 aromatic heterocycles. The van der Waals surface area contributed by atoms with Crippen molar-refractivity contribution in [2.75, 3.05) is 18.6 Å². The van der Waals surface area contributed by atoms with Gasteiger partial charge in [0.05, 0.1) is 30.7 Å². The molecule has 0 fully saturated rings. The summed E-state index contributed by atoms with van der Waals surface area (Å²) in [4.78, 5) is 41.1. The number of hydrogen-bond acceptors (Lipinski definition) is 6. The number of ketones is 1. The zero-order valence-electron chi connectivity index (χ0n) is 21.4. The summed E-state index contributed by atoms with van der Waals surface area (Å²) in [7, 11) is 1.55. The second kappa shape index (κ2) is 10.1. The molecule has 0 bridgehead atoms. The van der Waals surface area contributed by atoms with Gasteiger partial charge in [-0.2, -0.15) is 0 Å². The maximum absolute atomic E-state index is 13.9. The topological polar surface area (TPSA) is 86.0 Å². The highest BCUT2D eigenvalue weighted by Gasteiger charge is 2.44. The number of methoxy groups -OCH3 is 1. The lowest BCUT2D eigenvalue weighted by atomic mass is 9.97. The molecule has 1 aliphatic heterocycles. The van der Waals surface area contributed by atoms with Gasteiger partial charge in [-0.3, -0.25) is 19.3 Å². The lowest BCUT2D eigenvalue weighted by molar-refractivity contribution is 0.0970. The summed E-state index contributed by atoms with van der Waals surface area (Å²) in [5.74, 6) is 0.847. The van der Waals surface area contributed by atoms with E-state index >= 15 is 0 Å². The second-order valence-corrected chi connectivity index (χ2v) is 10.5. The lowest BCUT2D eigenvalue weighted by Gasteiger charge is -2.26. The van der Waals surface area contributed by atoms with Crippen molar-refractivity contribution in [3.8, 4) is 11.5 Å². The van der Waals surface area contributed by atoms with Crippen molar-refractivity contribution in [2.24, 2.45) is 5.92 Å². The number of ether oxygens (including phenoxy) is 2. The number of hydrogen-bond donors (Lipinski definition) is 0. The molecule has 0 saturated carbocycles. The lowest BCUT2D eigenvalue weighted by Crippen LogP contribution is -2.29. The molecule has 8 heteroatoms. The van der Waals surface area contributed by atoms with E-state index in [0.717, 1.165) is 4.47 Å². The molecule has 7 nitrogen and oxygen atoms in total. The van der Waals surface area contributed by atoms with E-state index in [0.29, 0.717) is 51.8 Å². The number of anilines is 1. The highest BCUT2D eigenvalue weighted by Crippen LogP contribution is 2.43. The molecule has 1 amide bonds. The molecule has 194 valence electrons. The van der Waals surface area contributed by atoms with E-state index in [1.165, 1.54) is 11.8 Å². The summed E-state index contributed by atoms with van der Waals surface area (Å²) in [5.41, 5.74) is 1.99. The maximum Gasteiger partial charge on any atom is 0.295 e. The van der Waals surface area contributed by atoms with E-state index in [1.807, 2.05) is 6.07 Å². The minimum absolute atomic E-state index is 0.00966. The SMILES string of the molecule is COc1cc(C2c3c(oc4ccc(Br)cc4c3=O)C(=O)N2c2ccc(C(C)=O)cc2)ccc1OCC(C)C. The van der Waals surface area contributed by atoms with Crippen LogP contribution in [0.1, 0.15) is 58.9 Å². The normalized spacial score (nSPS) is 14.7. The standard InChI is InChI=1S/C30H26BrNO6/c1-16(2)15-37-24-11-7-19(13-25(24)36-4)27-26-28(34)22-14-20(31)8-12-23(22)38-29(26)30(35)32(27)21-9-5-18(6-10-21)17(3)33/h5-14,16,27H,15H2,1-4H3. The number of carbonyl (C=O) groups excluding carboxylic acids is 2. The van der Waals surface area contributed by atoms with Gasteiger partial charge in [-0.05, 0) is 73.0 Å². The van der Waals surface area contributed by atoms with Crippen LogP contribution in [-0.2, 0) is 0 Å². The van der Waals surface area contributed by atoms with Crippen LogP contribution in [0.25, 0.3) is 11.0 Å². The summed E-state index contributed by atoms with van der Waals surface area (Å²) in [6.45, 7) is 6.11. The van der Waals surface area contributed by atoms with Crippen LogP contribution < -0.4 is 19.8 Å². The Morgan fingerprint density at radius 3 is 2.42 bits per heavy atom. The van der Waals surface area contributed by atoms with Crippen molar-refractivity contribution in [3.63, 3.8) is 0 Å². The molecule has 38 heavy (non-hydrogen) atoms. The highest BCUT2D eigenvalue weighted by atomic mass is 79.9. The van der Waals surface area contributed by atoms with Crippen LogP contribution in [0.3, 0.4) is 0 Å². The Morgan fingerprint density at radius 2 is 1.76 bits per heavy atom. The predicted octanol–water partition coefficient (Wildman–Crippen LogP) is 6.55. The molecule has 0 saturated heterocycles. The molecular weight excluding hydrogens is 550 g/mol. The van der Waals surface area contributed by atoms with Crippen LogP contribution in [0.15, 0.2) is 74.3 Å². The molecule has 0 N–H and O–H groups in total. The third-order valence-corrected chi connectivity index (χ3v) is 6.95. The summed E-state index contributed by atoms with van der Waals surface area (Å²) >= 11 is 3.42. The molecule has 5 rings (SSSR count). The molecule has 1 unspecified atom stereocenters. The number of benzene rings is 3. The maximum atomic E-state index is 13.9. The minimum Gasteiger partial charge on any atom is -0.493 e. The van der Waals surface area contributed by atoms with Gasteiger partial charge in [-0.15, -0.1) is 0 Å². The first-order chi connectivity index (χ1) is 18.2. The Morgan fingerprint density at radius 1 is 1.03 bits per heavy atom. The van der Waals surface area contributed by atoms with Gasteiger partial charge in [0.1, 0.15) is 5.58 Å². The molecule has 1 atom stereocenters. The summed E-state index contributed by atoms with van der Waals surface area (Å²) < 4.78 is 18.3. The fourth-order valence-electron chi connectivity index (χ4n) is 4.61. The number of halogens is 1. The van der Waals surface area contributed by atoms with Crippen LogP contribution in [-0.4, -0.2) is 25.4 Å². The van der Waals surface area contributed by atoms with E-state index in [9.17, 15) is 14.4 Å². The second-order valence-electron chi connectivity index (χ2n) is 9.61. The first-order valence-corrected chi connectivity index (χ1v) is 13.0. The first-order valence-electron chi connectivity index (χ1n) is 12.2. The van der Waals surface area contributed by atoms with Gasteiger partial charge in [0.15, 0.2) is 22.7 Å². The van der Waals surface area contributed by atoms with Crippen LogP contribution in [0.2, 0.25) is 0 Å². The minimum atomic E-state index is -0.784. The Bertz CT molecular complexity index is 1620. The van der Waals surface area contributed by atoms with Crippen molar-refractivity contribution in [2.45, 2.75) is 26.8 Å². The number of rotatable bonds is 7. The van der Waals surface area contributed by atoms with E-state index in [1.54, 1.807) is 61.7 Å². The van der Waals surface area contributed by atoms with E-state index in [-0.39, 0.29) is 22.5 Å². The van der Waals surface area contributed by atoms with Crippen molar-refractivity contribution in [1.82, 2.24) is 0 Å². The van der Waals surface area contributed by atoms with Crippen LogP contribution in [0, 0.1) is 5.92 Å². The zero-order valence-corrected chi connectivity index (χ0v) is 23.0. The third-order valence-electron chi connectivity index (χ3n) is 6.46. The molecule has 0 aliphatic carbocycles. The zero-order chi connectivity index (χ0) is 27.1. The molecule has 3 aromatic carbocycles. The van der Waals surface area contributed by atoms with Crippen molar-refractivity contribution < 1.29 is 23.5 Å². The smallest absolute Gasteiger partial charge is 0.295 e. The van der Waals surface area contributed by atoms with Gasteiger partial charge < -0.3 is 13.9 Å².